The molecule has 1 amide bonds. The van der Waals surface area contributed by atoms with Gasteiger partial charge in [0.15, 0.2) is 0 Å². The number of aryl methyl sites for hydroxylation is 1. The molecule has 0 atom stereocenters. The molecule has 1 aromatic carbocycles. The summed E-state index contributed by atoms with van der Waals surface area (Å²) < 4.78 is 5.77. The third kappa shape index (κ3) is 3.02. The van der Waals surface area contributed by atoms with E-state index in [1.807, 2.05) is 31.2 Å². The van der Waals surface area contributed by atoms with Crippen LogP contribution in [0.25, 0.3) is 11.0 Å². The van der Waals surface area contributed by atoms with Crippen LogP contribution in [0.5, 0.6) is 0 Å². The predicted octanol–water partition coefficient (Wildman–Crippen LogP) is 2.36. The number of hydrogen-bond donors (Lipinski definition) is 2. The van der Waals surface area contributed by atoms with Crippen molar-refractivity contribution in [3.05, 3.63) is 35.6 Å². The summed E-state index contributed by atoms with van der Waals surface area (Å²) in [6.45, 7) is 3.82. The number of rotatable bonds is 6. The summed E-state index contributed by atoms with van der Waals surface area (Å²) in [7, 11) is 0. The van der Waals surface area contributed by atoms with Crippen LogP contribution in [0.15, 0.2) is 28.7 Å². The van der Waals surface area contributed by atoms with Gasteiger partial charge in [0.1, 0.15) is 11.3 Å². The molecular weight excluding hydrogens is 252 g/mol. The van der Waals surface area contributed by atoms with E-state index >= 15 is 0 Å². The van der Waals surface area contributed by atoms with E-state index in [-0.39, 0.29) is 5.91 Å². The summed E-state index contributed by atoms with van der Waals surface area (Å²) in [5, 5.41) is 7.20. The SMILES string of the molecule is Cc1c(CNC(=O)CNCC2CC2)oc2ccccc12. The van der Waals surface area contributed by atoms with Gasteiger partial charge in [-0.15, -0.1) is 0 Å². The lowest BCUT2D eigenvalue weighted by Crippen LogP contribution is -2.34. The molecule has 0 bridgehead atoms. The highest BCUT2D eigenvalue weighted by Gasteiger charge is 2.20. The first-order chi connectivity index (χ1) is 9.74. The van der Waals surface area contributed by atoms with Crippen LogP contribution in [0.3, 0.4) is 0 Å². The number of amides is 1. The second-order valence-corrected chi connectivity index (χ2v) is 5.50. The highest BCUT2D eigenvalue weighted by Crippen LogP contribution is 2.27. The Bertz CT molecular complexity index is 614. The van der Waals surface area contributed by atoms with Gasteiger partial charge in [-0.05, 0) is 38.3 Å². The van der Waals surface area contributed by atoms with Crippen LogP contribution in [-0.2, 0) is 11.3 Å². The Hall–Kier alpha value is -1.81. The molecule has 4 heteroatoms. The summed E-state index contributed by atoms with van der Waals surface area (Å²) >= 11 is 0. The molecule has 3 rings (SSSR count). The highest BCUT2D eigenvalue weighted by molar-refractivity contribution is 5.82. The van der Waals surface area contributed by atoms with Gasteiger partial charge in [0, 0.05) is 10.9 Å². The fourth-order valence-electron chi connectivity index (χ4n) is 2.35. The van der Waals surface area contributed by atoms with E-state index in [2.05, 4.69) is 10.6 Å². The van der Waals surface area contributed by atoms with Gasteiger partial charge in [0.2, 0.25) is 5.91 Å². The lowest BCUT2D eigenvalue weighted by Gasteiger charge is -2.05. The van der Waals surface area contributed by atoms with Crippen molar-refractivity contribution < 1.29 is 9.21 Å². The standard InChI is InChI=1S/C16H20N2O2/c1-11-13-4-2-3-5-14(13)20-15(11)9-18-16(19)10-17-8-12-6-7-12/h2-5,12,17H,6-10H2,1H3,(H,18,19). The Balaban J connectivity index is 1.53. The smallest absolute Gasteiger partial charge is 0.234 e. The van der Waals surface area contributed by atoms with E-state index in [9.17, 15) is 4.79 Å². The highest BCUT2D eigenvalue weighted by atomic mass is 16.3. The van der Waals surface area contributed by atoms with Gasteiger partial charge >= 0.3 is 0 Å². The lowest BCUT2D eigenvalue weighted by atomic mass is 10.1. The van der Waals surface area contributed by atoms with Gasteiger partial charge in [-0.2, -0.15) is 0 Å². The molecule has 0 unspecified atom stereocenters. The van der Waals surface area contributed by atoms with Gasteiger partial charge < -0.3 is 15.1 Å². The minimum Gasteiger partial charge on any atom is -0.459 e. The fraction of sp³-hybridized carbons (Fsp3) is 0.438. The van der Waals surface area contributed by atoms with Crippen molar-refractivity contribution >= 4 is 16.9 Å². The predicted molar refractivity (Wildman–Crippen MR) is 78.4 cm³/mol. The van der Waals surface area contributed by atoms with Crippen LogP contribution in [0.2, 0.25) is 0 Å². The molecule has 1 aliphatic carbocycles. The maximum absolute atomic E-state index is 11.7. The van der Waals surface area contributed by atoms with Gasteiger partial charge in [-0.25, -0.2) is 0 Å². The average Bonchev–Trinajstić information content (AvgIpc) is 3.22. The Kier molecular flexibility index (Phi) is 3.74. The minimum absolute atomic E-state index is 0.0190. The van der Waals surface area contributed by atoms with Gasteiger partial charge in [-0.1, -0.05) is 18.2 Å². The molecule has 1 fully saturated rings. The van der Waals surface area contributed by atoms with Crippen molar-refractivity contribution in [2.45, 2.75) is 26.3 Å². The largest absolute Gasteiger partial charge is 0.459 e. The zero-order valence-corrected chi connectivity index (χ0v) is 11.7. The van der Waals surface area contributed by atoms with Crippen molar-refractivity contribution in [1.29, 1.82) is 0 Å². The van der Waals surface area contributed by atoms with Crippen LogP contribution in [-0.4, -0.2) is 19.0 Å². The van der Waals surface area contributed by atoms with Gasteiger partial charge in [0.25, 0.3) is 0 Å². The van der Waals surface area contributed by atoms with Crippen LogP contribution in [0, 0.1) is 12.8 Å². The molecule has 106 valence electrons. The molecule has 1 saturated carbocycles. The molecule has 2 aromatic rings. The van der Waals surface area contributed by atoms with Crippen LogP contribution < -0.4 is 10.6 Å². The lowest BCUT2D eigenvalue weighted by molar-refractivity contribution is -0.120. The molecule has 0 aliphatic heterocycles. The molecule has 0 saturated heterocycles. The third-order valence-corrected chi connectivity index (χ3v) is 3.80. The Labute approximate surface area is 118 Å². The first-order valence-electron chi connectivity index (χ1n) is 7.18. The zero-order chi connectivity index (χ0) is 13.9. The Morgan fingerprint density at radius 3 is 2.90 bits per heavy atom. The summed E-state index contributed by atoms with van der Waals surface area (Å²) in [6, 6.07) is 7.94. The first kappa shape index (κ1) is 13.2. The Morgan fingerprint density at radius 1 is 1.35 bits per heavy atom. The van der Waals surface area contributed by atoms with E-state index in [4.69, 9.17) is 4.42 Å². The molecule has 0 spiro atoms. The fourth-order valence-corrected chi connectivity index (χ4v) is 2.35. The summed E-state index contributed by atoms with van der Waals surface area (Å²) in [6.07, 6.45) is 2.60. The van der Waals surface area contributed by atoms with Crippen LogP contribution >= 0.6 is 0 Å². The Morgan fingerprint density at radius 2 is 2.15 bits per heavy atom. The molecule has 0 radical (unpaired) electrons. The van der Waals surface area contributed by atoms with E-state index in [1.165, 1.54) is 12.8 Å². The summed E-state index contributed by atoms with van der Waals surface area (Å²) in [5.74, 6) is 1.65. The van der Waals surface area contributed by atoms with Crippen molar-refractivity contribution in [3.63, 3.8) is 0 Å². The van der Waals surface area contributed by atoms with E-state index < -0.39 is 0 Å². The second-order valence-electron chi connectivity index (χ2n) is 5.50. The van der Waals surface area contributed by atoms with Crippen molar-refractivity contribution in [2.24, 2.45) is 5.92 Å². The van der Waals surface area contributed by atoms with Gasteiger partial charge in [-0.3, -0.25) is 4.79 Å². The number of hydrogen-bond acceptors (Lipinski definition) is 3. The average molecular weight is 272 g/mol. The molecule has 2 N–H and O–H groups in total. The molecule has 4 nitrogen and oxygen atoms in total. The molecule has 1 aliphatic rings. The third-order valence-electron chi connectivity index (χ3n) is 3.80. The quantitative estimate of drug-likeness (QED) is 0.848. The van der Waals surface area contributed by atoms with Crippen molar-refractivity contribution in [2.75, 3.05) is 13.1 Å². The number of benzene rings is 1. The molecule has 1 heterocycles. The number of carbonyl (C=O) groups excluding carboxylic acids is 1. The van der Waals surface area contributed by atoms with E-state index in [0.717, 1.165) is 34.8 Å². The van der Waals surface area contributed by atoms with Crippen molar-refractivity contribution in [1.82, 2.24) is 10.6 Å². The normalized spacial score (nSPS) is 14.7. The van der Waals surface area contributed by atoms with Crippen LogP contribution in [0.4, 0.5) is 0 Å². The maximum Gasteiger partial charge on any atom is 0.234 e. The molecule has 20 heavy (non-hydrogen) atoms. The first-order valence-corrected chi connectivity index (χ1v) is 7.18. The van der Waals surface area contributed by atoms with E-state index in [1.54, 1.807) is 0 Å². The molecular formula is C16H20N2O2. The number of para-hydroxylation sites is 1. The topological polar surface area (TPSA) is 54.3 Å². The van der Waals surface area contributed by atoms with Crippen molar-refractivity contribution in [3.8, 4) is 0 Å². The number of fused-ring (bicyclic) bond motifs is 1. The van der Waals surface area contributed by atoms with E-state index in [0.29, 0.717) is 13.1 Å². The number of furan rings is 1. The number of carbonyl (C=O) groups is 1. The van der Waals surface area contributed by atoms with Gasteiger partial charge in [0.05, 0.1) is 13.1 Å². The maximum atomic E-state index is 11.7. The second kappa shape index (κ2) is 5.67. The molecule has 1 aromatic heterocycles. The summed E-state index contributed by atoms with van der Waals surface area (Å²) in [5.41, 5.74) is 1.98. The zero-order valence-electron chi connectivity index (χ0n) is 11.7. The minimum atomic E-state index is 0.0190. The number of nitrogens with one attached hydrogen (secondary N) is 2. The summed E-state index contributed by atoms with van der Waals surface area (Å²) in [4.78, 5) is 11.7. The van der Waals surface area contributed by atoms with Crippen LogP contribution in [0.1, 0.15) is 24.2 Å². The monoisotopic (exact) mass is 272 g/mol.